The van der Waals surface area contributed by atoms with E-state index in [0.717, 1.165) is 49.8 Å². The quantitative estimate of drug-likeness (QED) is 0.797. The van der Waals surface area contributed by atoms with E-state index in [4.69, 9.17) is 5.73 Å². The van der Waals surface area contributed by atoms with Gasteiger partial charge in [0.2, 0.25) is 5.91 Å². The first kappa shape index (κ1) is 16.0. The minimum atomic E-state index is -0.0670. The highest BCUT2D eigenvalue weighted by atomic mass is 16.2. The molecule has 5 heteroatoms. The molecule has 2 amide bonds. The van der Waals surface area contributed by atoms with Crippen molar-refractivity contribution in [3.8, 4) is 0 Å². The minimum absolute atomic E-state index is 0.0167. The normalized spacial score (nSPS) is 24.1. The van der Waals surface area contributed by atoms with Crippen LogP contribution in [0.25, 0.3) is 0 Å². The van der Waals surface area contributed by atoms with Crippen LogP contribution in [0.2, 0.25) is 0 Å². The molecule has 2 saturated carbocycles. The van der Waals surface area contributed by atoms with E-state index in [0.29, 0.717) is 11.6 Å². The van der Waals surface area contributed by atoms with E-state index in [1.54, 1.807) is 12.1 Å². The molecule has 1 aromatic rings. The SMILES string of the molecule is Cc1ccc(C(=O)NC2CC2)cc1NC(=O)C1CCCC(N)C1. The smallest absolute Gasteiger partial charge is 0.251 e. The fourth-order valence-corrected chi connectivity index (χ4v) is 3.09. The lowest BCUT2D eigenvalue weighted by Gasteiger charge is -2.26. The standard InChI is InChI=1S/C18H25N3O2/c1-11-5-6-13(17(22)20-15-7-8-15)10-16(11)21-18(23)12-3-2-4-14(19)9-12/h5-6,10,12,14-15H,2-4,7-9,19H2,1H3,(H,20,22)(H,21,23). The molecule has 2 aliphatic carbocycles. The van der Waals surface area contributed by atoms with Crippen LogP contribution in [-0.4, -0.2) is 23.9 Å². The van der Waals surface area contributed by atoms with Crippen molar-refractivity contribution in [3.05, 3.63) is 29.3 Å². The van der Waals surface area contributed by atoms with Crippen molar-refractivity contribution in [2.75, 3.05) is 5.32 Å². The summed E-state index contributed by atoms with van der Waals surface area (Å²) in [5.41, 5.74) is 8.24. The van der Waals surface area contributed by atoms with Crippen LogP contribution >= 0.6 is 0 Å². The Labute approximate surface area is 137 Å². The molecule has 3 rings (SSSR count). The zero-order valence-corrected chi connectivity index (χ0v) is 13.6. The molecule has 2 aliphatic rings. The molecular formula is C18H25N3O2. The summed E-state index contributed by atoms with van der Waals surface area (Å²) in [6.45, 7) is 1.94. The van der Waals surface area contributed by atoms with Crippen molar-refractivity contribution < 1.29 is 9.59 Å². The van der Waals surface area contributed by atoms with E-state index in [2.05, 4.69) is 10.6 Å². The third kappa shape index (κ3) is 4.10. The topological polar surface area (TPSA) is 84.2 Å². The number of aryl methyl sites for hydroxylation is 1. The molecule has 0 saturated heterocycles. The van der Waals surface area contributed by atoms with Crippen LogP contribution in [0.4, 0.5) is 5.69 Å². The van der Waals surface area contributed by atoms with E-state index >= 15 is 0 Å². The molecule has 4 N–H and O–H groups in total. The zero-order valence-electron chi connectivity index (χ0n) is 13.6. The number of nitrogens with one attached hydrogen (secondary N) is 2. The van der Waals surface area contributed by atoms with E-state index in [1.165, 1.54) is 0 Å². The molecular weight excluding hydrogens is 290 g/mol. The Kier molecular flexibility index (Phi) is 4.66. The lowest BCUT2D eigenvalue weighted by Crippen LogP contribution is -2.34. The minimum Gasteiger partial charge on any atom is -0.349 e. The van der Waals surface area contributed by atoms with Crippen LogP contribution in [0, 0.1) is 12.8 Å². The number of anilines is 1. The monoisotopic (exact) mass is 315 g/mol. The lowest BCUT2D eigenvalue weighted by atomic mass is 9.85. The van der Waals surface area contributed by atoms with Gasteiger partial charge in [0.1, 0.15) is 0 Å². The maximum Gasteiger partial charge on any atom is 0.251 e. The Morgan fingerprint density at radius 1 is 1.17 bits per heavy atom. The van der Waals surface area contributed by atoms with Gasteiger partial charge in [-0.05, 0) is 56.7 Å². The van der Waals surface area contributed by atoms with Gasteiger partial charge in [-0.15, -0.1) is 0 Å². The number of amides is 2. The first-order chi connectivity index (χ1) is 11.0. The first-order valence-electron chi connectivity index (χ1n) is 8.51. The van der Waals surface area contributed by atoms with Gasteiger partial charge in [-0.3, -0.25) is 9.59 Å². The van der Waals surface area contributed by atoms with E-state index in [9.17, 15) is 9.59 Å². The van der Waals surface area contributed by atoms with Crippen LogP contribution in [0.3, 0.4) is 0 Å². The fourth-order valence-electron chi connectivity index (χ4n) is 3.09. The van der Waals surface area contributed by atoms with Crippen molar-refractivity contribution in [3.63, 3.8) is 0 Å². The fraction of sp³-hybridized carbons (Fsp3) is 0.556. The van der Waals surface area contributed by atoms with Gasteiger partial charge in [-0.25, -0.2) is 0 Å². The molecule has 2 atom stereocenters. The summed E-state index contributed by atoms with van der Waals surface area (Å²) < 4.78 is 0. The number of carbonyl (C=O) groups is 2. The molecule has 0 bridgehead atoms. The number of benzene rings is 1. The van der Waals surface area contributed by atoms with Gasteiger partial charge in [0.05, 0.1) is 0 Å². The highest BCUT2D eigenvalue weighted by Crippen LogP contribution is 2.26. The van der Waals surface area contributed by atoms with Gasteiger partial charge < -0.3 is 16.4 Å². The van der Waals surface area contributed by atoms with E-state index < -0.39 is 0 Å². The van der Waals surface area contributed by atoms with Gasteiger partial charge in [-0.2, -0.15) is 0 Å². The van der Waals surface area contributed by atoms with Crippen molar-refractivity contribution in [2.45, 2.75) is 57.5 Å². The molecule has 124 valence electrons. The summed E-state index contributed by atoms with van der Waals surface area (Å²) in [6, 6.07) is 5.90. The van der Waals surface area contributed by atoms with Crippen molar-refractivity contribution >= 4 is 17.5 Å². The molecule has 0 aliphatic heterocycles. The van der Waals surface area contributed by atoms with Gasteiger partial charge in [0.25, 0.3) is 5.91 Å². The van der Waals surface area contributed by atoms with Crippen molar-refractivity contribution in [2.24, 2.45) is 11.7 Å². The maximum atomic E-state index is 12.5. The Bertz CT molecular complexity index is 610. The van der Waals surface area contributed by atoms with E-state index in [-0.39, 0.29) is 23.8 Å². The maximum absolute atomic E-state index is 12.5. The molecule has 2 unspecified atom stereocenters. The average Bonchev–Trinajstić information content (AvgIpc) is 3.33. The molecule has 0 radical (unpaired) electrons. The predicted octanol–water partition coefficient (Wildman–Crippen LogP) is 2.34. The lowest BCUT2D eigenvalue weighted by molar-refractivity contribution is -0.120. The Morgan fingerprint density at radius 3 is 2.65 bits per heavy atom. The molecule has 5 nitrogen and oxygen atoms in total. The number of rotatable bonds is 4. The van der Waals surface area contributed by atoms with Gasteiger partial charge >= 0.3 is 0 Å². The third-order valence-corrected chi connectivity index (χ3v) is 4.76. The number of hydrogen-bond acceptors (Lipinski definition) is 3. The van der Waals surface area contributed by atoms with Crippen LogP contribution in [0.1, 0.15) is 54.4 Å². The summed E-state index contributed by atoms with van der Waals surface area (Å²) in [5, 5.41) is 5.96. The average molecular weight is 315 g/mol. The van der Waals surface area contributed by atoms with E-state index in [1.807, 2.05) is 13.0 Å². The summed E-state index contributed by atoms with van der Waals surface area (Å²) in [4.78, 5) is 24.6. The first-order valence-corrected chi connectivity index (χ1v) is 8.51. The second-order valence-electron chi connectivity index (χ2n) is 6.89. The highest BCUT2D eigenvalue weighted by Gasteiger charge is 2.26. The molecule has 0 spiro atoms. The van der Waals surface area contributed by atoms with Gasteiger partial charge in [-0.1, -0.05) is 12.5 Å². The molecule has 2 fully saturated rings. The second kappa shape index (κ2) is 6.71. The summed E-state index contributed by atoms with van der Waals surface area (Å²) in [5.74, 6) is -0.0761. The van der Waals surface area contributed by atoms with Gasteiger partial charge in [0, 0.05) is 29.3 Å². The molecule has 0 heterocycles. The summed E-state index contributed by atoms with van der Waals surface area (Å²) in [6.07, 6.45) is 5.75. The predicted molar refractivity (Wildman–Crippen MR) is 90.2 cm³/mol. The second-order valence-corrected chi connectivity index (χ2v) is 6.89. The Hall–Kier alpha value is -1.88. The molecule has 0 aromatic heterocycles. The molecule has 23 heavy (non-hydrogen) atoms. The highest BCUT2D eigenvalue weighted by molar-refractivity contribution is 5.98. The van der Waals surface area contributed by atoms with Crippen LogP contribution < -0.4 is 16.4 Å². The van der Waals surface area contributed by atoms with Crippen LogP contribution in [-0.2, 0) is 4.79 Å². The van der Waals surface area contributed by atoms with Crippen molar-refractivity contribution in [1.82, 2.24) is 5.32 Å². The number of hydrogen-bond donors (Lipinski definition) is 3. The van der Waals surface area contributed by atoms with Crippen LogP contribution in [0.15, 0.2) is 18.2 Å². The summed E-state index contributed by atoms with van der Waals surface area (Å²) in [7, 11) is 0. The largest absolute Gasteiger partial charge is 0.349 e. The molecule has 1 aromatic carbocycles. The Balaban J connectivity index is 1.68. The third-order valence-electron chi connectivity index (χ3n) is 4.76. The number of carbonyl (C=O) groups excluding carboxylic acids is 2. The zero-order chi connectivity index (χ0) is 16.4. The number of nitrogens with two attached hydrogens (primary N) is 1. The van der Waals surface area contributed by atoms with Gasteiger partial charge in [0.15, 0.2) is 0 Å². The van der Waals surface area contributed by atoms with Crippen molar-refractivity contribution in [1.29, 1.82) is 0 Å². The Morgan fingerprint density at radius 2 is 1.96 bits per heavy atom. The van der Waals surface area contributed by atoms with Crippen LogP contribution in [0.5, 0.6) is 0 Å². The summed E-state index contributed by atoms with van der Waals surface area (Å²) >= 11 is 0.